The van der Waals surface area contributed by atoms with Crippen LogP contribution in [0.3, 0.4) is 0 Å². The third-order valence-corrected chi connectivity index (χ3v) is 0. The molecule has 0 bridgehead atoms. The van der Waals surface area contributed by atoms with Crippen molar-refractivity contribution >= 4 is 369 Å². The van der Waals surface area contributed by atoms with E-state index in [4.69, 9.17) is 0 Å². The van der Waals surface area contributed by atoms with E-state index >= 15 is 0 Å². The maximum Gasteiger partial charge on any atom is 4.00 e. The molecule has 0 aromatic carbocycles. The van der Waals surface area contributed by atoms with E-state index in [0.717, 1.165) is 0 Å². The van der Waals surface area contributed by atoms with Gasteiger partial charge >= 0.3 is 190 Å². The Balaban J connectivity index is 0. The predicted molar refractivity (Wildman–Crippen MR) is 109 cm³/mol. The Morgan fingerprint density at radius 3 is 0.211 bits per heavy atom. The second-order valence-electron chi connectivity index (χ2n) is 0. The Bertz CT molecular complexity index is 33.2. The maximum atomic E-state index is 0. The first kappa shape index (κ1) is 197. The molecule has 0 aromatic heterocycles. The second kappa shape index (κ2) is 178. The van der Waals surface area contributed by atoms with Crippen molar-refractivity contribution in [3.8, 4) is 0 Å². The molecule has 0 atom stereocenters. The summed E-state index contributed by atoms with van der Waals surface area (Å²) < 4.78 is 0. The van der Waals surface area contributed by atoms with Crippen LogP contribution in [0.15, 0.2) is 0 Å². The first-order valence-corrected chi connectivity index (χ1v) is 0. The summed E-state index contributed by atoms with van der Waals surface area (Å²) in [6, 6.07) is 0. The zero-order valence-electron chi connectivity index (χ0n) is 9.44. The van der Waals surface area contributed by atoms with Crippen LogP contribution in [0.25, 0.3) is 0 Å². The van der Waals surface area contributed by atoms with Gasteiger partial charge in [0.1, 0.15) is 0 Å². The van der Waals surface area contributed by atoms with Crippen LogP contribution in [-0.4, -0.2) is 369 Å². The molecule has 0 amide bonds. The molecule has 0 heterocycles. The van der Waals surface area contributed by atoms with Gasteiger partial charge in [0, 0.05) is 0 Å². The molecular formula is As10Ga3Ge3In3. The maximum absolute atomic E-state index is 0. The van der Waals surface area contributed by atoms with Crippen LogP contribution in [0.5, 0.6) is 0 Å². The molecule has 0 nitrogen and oxygen atoms in total. The van der Waals surface area contributed by atoms with Crippen LogP contribution >= 0.6 is 0 Å². The van der Waals surface area contributed by atoms with Gasteiger partial charge in [-0.1, -0.05) is 0 Å². The van der Waals surface area contributed by atoms with Gasteiger partial charge in [0.25, 0.3) is 0 Å². The first-order chi connectivity index (χ1) is 0. The van der Waals surface area contributed by atoms with Gasteiger partial charge in [-0.05, 0) is 0 Å². The molecule has 0 fully saturated rings. The molecule has 0 aromatic rings. The van der Waals surface area contributed by atoms with Crippen LogP contribution in [0.1, 0.15) is 0 Å². The molecule has 19 heavy (non-hydrogen) atoms. The quantitative estimate of drug-likeness (QED) is 0.212. The standard InChI is InChI=1S/10As.3Ga.3Ge.3In/q10*-3;3*+3;3*+4;3*+3. The van der Waals surface area contributed by atoms with Crippen molar-refractivity contribution in [3.63, 3.8) is 0 Å². The molecule has 0 saturated carbocycles. The third-order valence-electron chi connectivity index (χ3n) is 0. The Kier molecular flexibility index (Phi) is 1850. The molecule has 0 aliphatic rings. The van der Waals surface area contributed by atoms with E-state index in [9.17, 15) is 0 Å². The summed E-state index contributed by atoms with van der Waals surface area (Å²) in [4.78, 5) is 0. The first-order valence-electron chi connectivity index (χ1n) is 0. The summed E-state index contributed by atoms with van der Waals surface area (Å²) in [5.74, 6) is 0. The van der Waals surface area contributed by atoms with Crippen LogP contribution in [-0.2, 0) is 0 Å². The molecule has 0 aliphatic carbocycles. The monoisotopic (exact) mass is 1520 g/mol. The fraction of sp³-hybridized carbons (Fsp3) is 0. The average molecular weight is 1520 g/mol. The summed E-state index contributed by atoms with van der Waals surface area (Å²) in [5, 5.41) is 0. The molecule has 0 radical (unpaired) electrons. The van der Waals surface area contributed by atoms with E-state index in [-0.39, 0.29) is 369 Å². The van der Waals surface area contributed by atoms with E-state index in [1.54, 1.807) is 0 Å². The number of hydrogen-bond acceptors (Lipinski definition) is 0. The zero-order valence-corrected chi connectivity index (χ0v) is 51.7. The van der Waals surface area contributed by atoms with E-state index in [0.29, 0.717) is 0 Å². The van der Waals surface area contributed by atoms with Gasteiger partial charge in [-0.2, -0.15) is 0 Å². The van der Waals surface area contributed by atoms with Crippen molar-refractivity contribution in [1.29, 1.82) is 0 Å². The summed E-state index contributed by atoms with van der Waals surface area (Å²) in [5.41, 5.74) is 0. The SMILES string of the molecule is [As-3].[As-3].[As-3].[As-3].[As-3].[As-3].[As-3].[As-3].[As-3].[As-3].[Ga+3].[Ga+3].[Ga+3].[Ge+4].[Ge+4].[Ge+4].[In+3].[In+3].[In+3]. The zero-order chi connectivity index (χ0) is 0. The van der Waals surface area contributed by atoms with Gasteiger partial charge in [0.2, 0.25) is 0 Å². The molecule has 0 N–H and O–H groups in total. The van der Waals surface area contributed by atoms with Gasteiger partial charge in [0.05, 0.1) is 0 Å². The number of hydrogen-bond donors (Lipinski definition) is 0. The van der Waals surface area contributed by atoms with Crippen molar-refractivity contribution in [1.82, 2.24) is 0 Å². The van der Waals surface area contributed by atoms with Crippen LogP contribution < -0.4 is 0 Å². The molecule has 80 valence electrons. The normalized spacial score (nSPS) is 0. The van der Waals surface area contributed by atoms with E-state index in [1.165, 1.54) is 0 Å². The van der Waals surface area contributed by atoms with Crippen molar-refractivity contribution in [2.24, 2.45) is 0 Å². The summed E-state index contributed by atoms with van der Waals surface area (Å²) in [6.07, 6.45) is 0. The topological polar surface area (TPSA) is 0 Å². The van der Waals surface area contributed by atoms with Crippen molar-refractivity contribution in [2.45, 2.75) is 0 Å². The number of rotatable bonds is 0. The van der Waals surface area contributed by atoms with Crippen molar-refractivity contribution < 1.29 is 0 Å². The fourth-order valence-electron chi connectivity index (χ4n) is 0. The van der Waals surface area contributed by atoms with Crippen LogP contribution in [0.4, 0.5) is 0 Å². The van der Waals surface area contributed by atoms with E-state index < -0.39 is 0 Å². The van der Waals surface area contributed by atoms with Crippen LogP contribution in [0.2, 0.25) is 0 Å². The average Bonchev–Trinajstić information content (AvgIpc) is 0. The fourth-order valence-corrected chi connectivity index (χ4v) is 0. The summed E-state index contributed by atoms with van der Waals surface area (Å²) >= 11 is 0. The van der Waals surface area contributed by atoms with Crippen molar-refractivity contribution in [3.05, 3.63) is 0 Å². The molecular weight excluding hydrogens is 1520 g/mol. The molecule has 0 saturated heterocycles. The minimum atomic E-state index is 0. The van der Waals surface area contributed by atoms with Gasteiger partial charge in [-0.25, -0.2) is 0 Å². The van der Waals surface area contributed by atoms with Crippen molar-refractivity contribution in [2.75, 3.05) is 0 Å². The Labute approximate surface area is 359 Å². The van der Waals surface area contributed by atoms with E-state index in [1.807, 2.05) is 0 Å². The van der Waals surface area contributed by atoms with Crippen LogP contribution in [0, 0.1) is 0 Å². The molecule has 0 aliphatic heterocycles. The summed E-state index contributed by atoms with van der Waals surface area (Å²) in [6.45, 7) is 0. The minimum Gasteiger partial charge on any atom is -3.00 e. The summed E-state index contributed by atoms with van der Waals surface area (Å²) in [7, 11) is 0. The Hall–Kier alpha value is 11.7. The molecule has 0 unspecified atom stereocenters. The third kappa shape index (κ3) is 166. The molecule has 19 heteroatoms. The van der Waals surface area contributed by atoms with Gasteiger partial charge < -0.3 is 180 Å². The van der Waals surface area contributed by atoms with Gasteiger partial charge in [-0.3, -0.25) is 0 Å². The largest absolute Gasteiger partial charge is 4.00 e. The van der Waals surface area contributed by atoms with Gasteiger partial charge in [0.15, 0.2) is 0 Å². The predicted octanol–water partition coefficient (Wildman–Crippen LogP) is -7.24. The molecule has 0 spiro atoms. The minimum absolute atomic E-state index is 0. The second-order valence-corrected chi connectivity index (χ2v) is 0. The van der Waals surface area contributed by atoms with E-state index in [2.05, 4.69) is 0 Å². The van der Waals surface area contributed by atoms with Gasteiger partial charge in [-0.15, -0.1) is 0 Å². The Morgan fingerprint density at radius 1 is 0.211 bits per heavy atom. The smallest absolute Gasteiger partial charge is 3.00 e. The molecule has 0 rings (SSSR count). The Morgan fingerprint density at radius 2 is 0.211 bits per heavy atom.